The number of nitrogens with two attached hydrogens (primary N) is 1. The number of amidine groups is 1. The maximum atomic E-state index is 12.6. The molecule has 0 saturated carbocycles. The number of anilines is 1. The first-order valence-corrected chi connectivity index (χ1v) is 6.80. The van der Waals surface area contributed by atoms with E-state index in [1.165, 1.54) is 6.07 Å². The summed E-state index contributed by atoms with van der Waals surface area (Å²) in [5, 5.41) is 11.8. The van der Waals surface area contributed by atoms with Gasteiger partial charge in [0.25, 0.3) is 0 Å². The first-order valence-electron chi connectivity index (χ1n) is 6.42. The van der Waals surface area contributed by atoms with Crippen LogP contribution in [0.15, 0.2) is 23.4 Å². The maximum absolute atomic E-state index is 12.6. The number of hydrogen-bond donors (Lipinski definition) is 2. The lowest BCUT2D eigenvalue weighted by atomic mass is 9.96. The molecule has 1 heterocycles. The van der Waals surface area contributed by atoms with Crippen LogP contribution in [-0.2, 0) is 0 Å². The third kappa shape index (κ3) is 3.53. The van der Waals surface area contributed by atoms with Gasteiger partial charge in [0, 0.05) is 18.7 Å². The molecule has 8 heteroatoms. The molecule has 4 nitrogen and oxygen atoms in total. The summed E-state index contributed by atoms with van der Waals surface area (Å²) >= 11 is 6.13. The van der Waals surface area contributed by atoms with E-state index in [1.807, 2.05) is 4.90 Å². The van der Waals surface area contributed by atoms with Crippen LogP contribution in [0.1, 0.15) is 18.4 Å². The molecule has 1 aromatic carbocycles. The molecule has 0 aromatic heterocycles. The van der Waals surface area contributed by atoms with Gasteiger partial charge >= 0.3 is 6.18 Å². The van der Waals surface area contributed by atoms with Crippen LogP contribution in [0, 0.1) is 5.92 Å². The predicted molar refractivity (Wildman–Crippen MR) is 75.0 cm³/mol. The van der Waals surface area contributed by atoms with Gasteiger partial charge in [0.15, 0.2) is 5.84 Å². The van der Waals surface area contributed by atoms with Crippen molar-refractivity contribution in [3.63, 3.8) is 0 Å². The normalized spacial score (nSPS) is 18.1. The van der Waals surface area contributed by atoms with Crippen molar-refractivity contribution in [2.45, 2.75) is 19.0 Å². The Bertz CT molecular complexity index is 540. The highest BCUT2D eigenvalue weighted by Crippen LogP contribution is 2.37. The maximum Gasteiger partial charge on any atom is 0.391 e. The largest absolute Gasteiger partial charge is 0.409 e. The molecule has 0 atom stereocenters. The quantitative estimate of drug-likeness (QED) is 0.380. The van der Waals surface area contributed by atoms with Gasteiger partial charge in [0.1, 0.15) is 0 Å². The van der Waals surface area contributed by atoms with Crippen LogP contribution < -0.4 is 10.6 Å². The minimum Gasteiger partial charge on any atom is -0.409 e. The van der Waals surface area contributed by atoms with Crippen molar-refractivity contribution in [3.05, 3.63) is 28.8 Å². The number of halogens is 4. The van der Waals surface area contributed by atoms with Crippen molar-refractivity contribution in [2.75, 3.05) is 18.0 Å². The smallest absolute Gasteiger partial charge is 0.391 e. The molecule has 0 aliphatic carbocycles. The van der Waals surface area contributed by atoms with Gasteiger partial charge in [-0.05, 0) is 31.0 Å². The lowest BCUT2D eigenvalue weighted by Gasteiger charge is -2.34. The van der Waals surface area contributed by atoms with Crippen molar-refractivity contribution in [3.8, 4) is 0 Å². The van der Waals surface area contributed by atoms with E-state index in [9.17, 15) is 13.2 Å². The van der Waals surface area contributed by atoms with Crippen LogP contribution >= 0.6 is 11.6 Å². The SMILES string of the molecule is NC(=NO)c1ccc(N2CCC(C(F)(F)F)CC2)c(Cl)c1. The zero-order valence-electron chi connectivity index (χ0n) is 11.1. The van der Waals surface area contributed by atoms with Gasteiger partial charge < -0.3 is 15.8 Å². The first kappa shape index (κ1) is 15.8. The molecule has 0 bridgehead atoms. The number of rotatable bonds is 2. The number of hydrogen-bond acceptors (Lipinski definition) is 3. The molecular formula is C13H15ClF3N3O. The van der Waals surface area contributed by atoms with Crippen molar-refractivity contribution in [1.29, 1.82) is 0 Å². The second-order valence-corrected chi connectivity index (χ2v) is 5.36. The Morgan fingerprint density at radius 1 is 1.33 bits per heavy atom. The van der Waals surface area contributed by atoms with Crippen LogP contribution in [0.2, 0.25) is 5.02 Å². The topological polar surface area (TPSA) is 61.9 Å². The number of nitrogens with zero attached hydrogens (tertiary/aromatic N) is 2. The molecule has 1 saturated heterocycles. The molecule has 0 radical (unpaired) electrons. The van der Waals surface area contributed by atoms with Gasteiger partial charge in [0.05, 0.1) is 16.6 Å². The molecule has 1 aliphatic heterocycles. The van der Waals surface area contributed by atoms with Gasteiger partial charge in [-0.15, -0.1) is 0 Å². The van der Waals surface area contributed by atoms with Gasteiger partial charge in [-0.25, -0.2) is 0 Å². The molecule has 1 aliphatic rings. The summed E-state index contributed by atoms with van der Waals surface area (Å²) in [6, 6.07) is 4.82. The molecule has 0 unspecified atom stereocenters. The Morgan fingerprint density at radius 2 is 1.95 bits per heavy atom. The molecule has 3 N–H and O–H groups in total. The van der Waals surface area contributed by atoms with Crippen LogP contribution in [0.4, 0.5) is 18.9 Å². The molecule has 0 spiro atoms. The number of piperidine rings is 1. The fraction of sp³-hybridized carbons (Fsp3) is 0.462. The monoisotopic (exact) mass is 321 g/mol. The fourth-order valence-corrected chi connectivity index (χ4v) is 2.73. The second kappa shape index (κ2) is 6.01. The summed E-state index contributed by atoms with van der Waals surface area (Å²) in [6.07, 6.45) is -4.02. The van der Waals surface area contributed by atoms with E-state index in [0.29, 0.717) is 29.4 Å². The Morgan fingerprint density at radius 3 is 2.43 bits per heavy atom. The van der Waals surface area contributed by atoms with E-state index >= 15 is 0 Å². The van der Waals surface area contributed by atoms with Crippen molar-refractivity contribution in [1.82, 2.24) is 0 Å². The molecule has 1 aromatic rings. The van der Waals surface area contributed by atoms with Crippen LogP contribution in [0.5, 0.6) is 0 Å². The van der Waals surface area contributed by atoms with Crippen LogP contribution in [0.25, 0.3) is 0 Å². The van der Waals surface area contributed by atoms with E-state index in [2.05, 4.69) is 5.16 Å². The molecule has 21 heavy (non-hydrogen) atoms. The van der Waals surface area contributed by atoms with Crippen LogP contribution in [0.3, 0.4) is 0 Å². The van der Waals surface area contributed by atoms with Crippen molar-refractivity contribution >= 4 is 23.1 Å². The summed E-state index contributed by atoms with van der Waals surface area (Å²) in [4.78, 5) is 1.82. The zero-order valence-corrected chi connectivity index (χ0v) is 11.8. The summed E-state index contributed by atoms with van der Waals surface area (Å²) in [5.74, 6) is -1.32. The average Bonchev–Trinajstić information content (AvgIpc) is 2.45. The zero-order chi connectivity index (χ0) is 15.6. The minimum atomic E-state index is -4.13. The summed E-state index contributed by atoms with van der Waals surface area (Å²) in [6.45, 7) is 0.597. The highest BCUT2D eigenvalue weighted by molar-refractivity contribution is 6.33. The Hall–Kier alpha value is -1.63. The molecule has 116 valence electrons. The highest BCUT2D eigenvalue weighted by atomic mass is 35.5. The van der Waals surface area contributed by atoms with Crippen LogP contribution in [-0.4, -0.2) is 30.3 Å². The predicted octanol–water partition coefficient (Wildman–Crippen LogP) is 3.21. The van der Waals surface area contributed by atoms with Gasteiger partial charge in [-0.1, -0.05) is 16.8 Å². The number of benzene rings is 1. The van der Waals surface area contributed by atoms with Gasteiger partial charge in [-0.2, -0.15) is 13.2 Å². The summed E-state index contributed by atoms with van der Waals surface area (Å²) < 4.78 is 37.9. The summed E-state index contributed by atoms with van der Waals surface area (Å²) in [7, 11) is 0. The van der Waals surface area contributed by atoms with E-state index in [0.717, 1.165) is 0 Å². The first-order chi connectivity index (χ1) is 9.82. The Kier molecular flexibility index (Phi) is 4.51. The lowest BCUT2D eigenvalue weighted by molar-refractivity contribution is -0.179. The highest BCUT2D eigenvalue weighted by Gasteiger charge is 2.41. The van der Waals surface area contributed by atoms with E-state index < -0.39 is 12.1 Å². The second-order valence-electron chi connectivity index (χ2n) is 4.95. The lowest BCUT2D eigenvalue weighted by Crippen LogP contribution is -2.39. The standard InChI is InChI=1S/C13H15ClF3N3O/c14-10-7-8(12(18)19-21)1-2-11(10)20-5-3-9(4-6-20)13(15,16)17/h1-2,7,9,21H,3-6H2,(H2,18,19). The molecule has 1 fully saturated rings. The average molecular weight is 322 g/mol. The third-order valence-electron chi connectivity index (χ3n) is 3.65. The number of alkyl halides is 3. The summed E-state index contributed by atoms with van der Waals surface area (Å²) in [5.41, 5.74) is 6.57. The van der Waals surface area contributed by atoms with E-state index in [1.54, 1.807) is 12.1 Å². The Balaban J connectivity index is 2.11. The third-order valence-corrected chi connectivity index (χ3v) is 3.95. The van der Waals surface area contributed by atoms with Crippen molar-refractivity contribution in [2.24, 2.45) is 16.8 Å². The Labute approximate surface area is 125 Å². The van der Waals surface area contributed by atoms with E-state index in [4.69, 9.17) is 22.5 Å². The number of oxime groups is 1. The van der Waals surface area contributed by atoms with Crippen molar-refractivity contribution < 1.29 is 18.4 Å². The van der Waals surface area contributed by atoms with E-state index in [-0.39, 0.29) is 18.7 Å². The minimum absolute atomic E-state index is 0.0574. The molecule has 0 amide bonds. The fourth-order valence-electron chi connectivity index (χ4n) is 2.43. The molecule has 2 rings (SSSR count). The molecular weight excluding hydrogens is 307 g/mol. The van der Waals surface area contributed by atoms with Gasteiger partial charge in [0.2, 0.25) is 0 Å². The van der Waals surface area contributed by atoms with Gasteiger partial charge in [-0.3, -0.25) is 0 Å².